The number of unbranched alkanes of at least 4 members (excludes halogenated alkanes) is 1. The molecule has 0 fully saturated rings. The van der Waals surface area contributed by atoms with Crippen molar-refractivity contribution < 1.29 is 17.9 Å². The zero-order chi connectivity index (χ0) is 20.0. The van der Waals surface area contributed by atoms with Crippen LogP contribution in [0.25, 0.3) is 0 Å². The second-order valence-electron chi connectivity index (χ2n) is 6.92. The minimum Gasteiger partial charge on any atom is -0.497 e. The Balaban J connectivity index is 1.47. The van der Waals surface area contributed by atoms with E-state index < -0.39 is 10.0 Å². The normalized spacial score (nSPS) is 14.5. The third kappa shape index (κ3) is 5.04. The van der Waals surface area contributed by atoms with Gasteiger partial charge in [-0.15, -0.1) is 0 Å². The fourth-order valence-corrected chi connectivity index (χ4v) is 4.74. The minimum atomic E-state index is -3.65. The van der Waals surface area contributed by atoms with Gasteiger partial charge in [-0.1, -0.05) is 24.3 Å². The van der Waals surface area contributed by atoms with Crippen LogP contribution in [0.2, 0.25) is 0 Å². The third-order valence-corrected chi connectivity index (χ3v) is 6.55. The van der Waals surface area contributed by atoms with Crippen molar-refractivity contribution in [3.8, 4) is 11.5 Å². The van der Waals surface area contributed by atoms with Gasteiger partial charge < -0.3 is 9.47 Å². The molecule has 0 saturated heterocycles. The number of hydrogen-bond donors (Lipinski definition) is 1. The summed E-state index contributed by atoms with van der Waals surface area (Å²) in [6, 6.07) is 13.3. The van der Waals surface area contributed by atoms with Gasteiger partial charge in [0.05, 0.1) is 14.2 Å². The molecule has 1 N–H and O–H groups in total. The molecule has 1 heterocycles. The van der Waals surface area contributed by atoms with E-state index in [4.69, 9.17) is 9.47 Å². The van der Waals surface area contributed by atoms with Crippen molar-refractivity contribution in [2.24, 2.45) is 0 Å². The first-order valence-electron chi connectivity index (χ1n) is 9.54. The average Bonchev–Trinajstić information content (AvgIpc) is 2.72. The van der Waals surface area contributed by atoms with Crippen LogP contribution in [0, 0.1) is 0 Å². The maximum atomic E-state index is 12.6. The maximum absolute atomic E-state index is 12.6. The van der Waals surface area contributed by atoms with Gasteiger partial charge in [-0.25, -0.2) is 13.1 Å². The lowest BCUT2D eigenvalue weighted by molar-refractivity contribution is 0.249. The highest BCUT2D eigenvalue weighted by molar-refractivity contribution is 7.89. The van der Waals surface area contributed by atoms with Crippen molar-refractivity contribution >= 4 is 10.0 Å². The largest absolute Gasteiger partial charge is 0.497 e. The van der Waals surface area contributed by atoms with Gasteiger partial charge in [-0.05, 0) is 49.1 Å². The molecule has 28 heavy (non-hydrogen) atoms. The Bertz CT molecular complexity index is 899. The van der Waals surface area contributed by atoms with E-state index in [1.54, 1.807) is 12.1 Å². The summed E-state index contributed by atoms with van der Waals surface area (Å²) in [5.41, 5.74) is 2.85. The van der Waals surface area contributed by atoms with Gasteiger partial charge in [0, 0.05) is 25.7 Å². The standard InChI is InChI=1S/C21H28N2O4S/c1-26-19-9-10-20(27-2)21(15-19)28(24,25)22-12-5-6-13-23-14-11-17-7-3-4-8-18(17)16-23/h3-4,7-10,15,22H,5-6,11-14,16H2,1-2H3. The molecule has 0 bridgehead atoms. The van der Waals surface area contributed by atoms with Crippen LogP contribution in [0.4, 0.5) is 0 Å². The highest BCUT2D eigenvalue weighted by Gasteiger charge is 2.20. The molecule has 0 saturated carbocycles. The van der Waals surface area contributed by atoms with Gasteiger partial charge in [0.15, 0.2) is 0 Å². The quantitative estimate of drug-likeness (QED) is 0.651. The van der Waals surface area contributed by atoms with E-state index in [0.29, 0.717) is 18.0 Å². The molecule has 0 aromatic heterocycles. The summed E-state index contributed by atoms with van der Waals surface area (Å²) in [7, 11) is -0.689. The van der Waals surface area contributed by atoms with Gasteiger partial charge in [0.1, 0.15) is 16.4 Å². The highest BCUT2D eigenvalue weighted by atomic mass is 32.2. The zero-order valence-electron chi connectivity index (χ0n) is 16.5. The van der Waals surface area contributed by atoms with Gasteiger partial charge in [-0.3, -0.25) is 4.90 Å². The lowest BCUT2D eigenvalue weighted by Gasteiger charge is -2.28. The number of ether oxygens (including phenoxy) is 2. The van der Waals surface area contributed by atoms with Crippen LogP contribution < -0.4 is 14.2 Å². The molecule has 3 rings (SSSR count). The summed E-state index contributed by atoms with van der Waals surface area (Å²) >= 11 is 0. The van der Waals surface area contributed by atoms with E-state index >= 15 is 0 Å². The fourth-order valence-electron chi connectivity index (χ4n) is 3.48. The summed E-state index contributed by atoms with van der Waals surface area (Å²) in [5, 5.41) is 0. The topological polar surface area (TPSA) is 67.9 Å². The molecule has 1 aliphatic rings. The Morgan fingerprint density at radius 2 is 1.82 bits per heavy atom. The van der Waals surface area contributed by atoms with Crippen LogP contribution in [-0.4, -0.2) is 47.2 Å². The maximum Gasteiger partial charge on any atom is 0.244 e. The SMILES string of the molecule is COc1ccc(OC)c(S(=O)(=O)NCCCCN2CCc3ccccc3C2)c1. The number of nitrogens with zero attached hydrogens (tertiary/aromatic N) is 1. The van der Waals surface area contributed by atoms with Crippen molar-refractivity contribution in [1.29, 1.82) is 0 Å². The number of rotatable bonds is 9. The van der Waals surface area contributed by atoms with E-state index in [1.807, 2.05) is 0 Å². The number of hydrogen-bond acceptors (Lipinski definition) is 5. The molecule has 1 aliphatic heterocycles. The van der Waals surface area contributed by atoms with Crippen molar-refractivity contribution in [2.45, 2.75) is 30.7 Å². The van der Waals surface area contributed by atoms with E-state index in [1.165, 1.54) is 31.4 Å². The molecule has 0 aliphatic carbocycles. The van der Waals surface area contributed by atoms with Crippen LogP contribution in [0.15, 0.2) is 47.4 Å². The second kappa shape index (κ2) is 9.41. The molecule has 7 heteroatoms. The number of benzene rings is 2. The molecule has 152 valence electrons. The third-order valence-electron chi connectivity index (χ3n) is 5.06. The molecule has 2 aromatic rings. The minimum absolute atomic E-state index is 0.0991. The van der Waals surface area contributed by atoms with E-state index in [9.17, 15) is 8.42 Å². The van der Waals surface area contributed by atoms with Crippen molar-refractivity contribution in [1.82, 2.24) is 9.62 Å². The van der Waals surface area contributed by atoms with Crippen LogP contribution in [0.1, 0.15) is 24.0 Å². The summed E-state index contributed by atoms with van der Waals surface area (Å²) in [6.07, 6.45) is 2.81. The highest BCUT2D eigenvalue weighted by Crippen LogP contribution is 2.28. The molecule has 0 atom stereocenters. The van der Waals surface area contributed by atoms with Crippen molar-refractivity contribution in [3.05, 3.63) is 53.6 Å². The molecular formula is C21H28N2O4S. The molecule has 0 spiro atoms. The Hall–Kier alpha value is -2.09. The Labute approximate surface area is 167 Å². The summed E-state index contributed by atoms with van der Waals surface area (Å²) in [4.78, 5) is 2.53. The molecule has 0 radical (unpaired) electrons. The first-order chi connectivity index (χ1) is 13.5. The van der Waals surface area contributed by atoms with Crippen LogP contribution in [0.3, 0.4) is 0 Å². The van der Waals surface area contributed by atoms with Crippen molar-refractivity contribution in [3.63, 3.8) is 0 Å². The Morgan fingerprint density at radius 3 is 2.57 bits per heavy atom. The molecule has 6 nitrogen and oxygen atoms in total. The number of fused-ring (bicyclic) bond motifs is 1. The number of nitrogens with one attached hydrogen (secondary N) is 1. The van der Waals surface area contributed by atoms with E-state index in [-0.39, 0.29) is 4.90 Å². The molecule has 0 amide bonds. The predicted octanol–water partition coefficient (Wildman–Crippen LogP) is 2.82. The summed E-state index contributed by atoms with van der Waals surface area (Å²) < 4.78 is 38.2. The van der Waals surface area contributed by atoms with Gasteiger partial charge in [-0.2, -0.15) is 0 Å². The van der Waals surface area contributed by atoms with Gasteiger partial charge >= 0.3 is 0 Å². The lowest BCUT2D eigenvalue weighted by atomic mass is 10.00. The Morgan fingerprint density at radius 1 is 1.04 bits per heavy atom. The van der Waals surface area contributed by atoms with Crippen LogP contribution >= 0.6 is 0 Å². The van der Waals surface area contributed by atoms with Crippen molar-refractivity contribution in [2.75, 3.05) is 33.9 Å². The predicted molar refractivity (Wildman–Crippen MR) is 109 cm³/mol. The average molecular weight is 405 g/mol. The number of methoxy groups -OCH3 is 2. The van der Waals surface area contributed by atoms with Gasteiger partial charge in [0.25, 0.3) is 0 Å². The smallest absolute Gasteiger partial charge is 0.244 e. The first kappa shape index (κ1) is 20.6. The van der Waals surface area contributed by atoms with Crippen LogP contribution in [-0.2, 0) is 23.0 Å². The zero-order valence-corrected chi connectivity index (χ0v) is 17.3. The van der Waals surface area contributed by atoms with Crippen LogP contribution in [0.5, 0.6) is 11.5 Å². The summed E-state index contributed by atoms with van der Waals surface area (Å²) in [5.74, 6) is 0.784. The fraction of sp³-hybridized carbons (Fsp3) is 0.429. The Kier molecular flexibility index (Phi) is 6.93. The van der Waals surface area contributed by atoms with E-state index in [0.717, 1.165) is 38.9 Å². The molecular weight excluding hydrogens is 376 g/mol. The lowest BCUT2D eigenvalue weighted by Crippen LogP contribution is -2.32. The first-order valence-corrected chi connectivity index (χ1v) is 11.0. The monoisotopic (exact) mass is 404 g/mol. The van der Waals surface area contributed by atoms with E-state index in [2.05, 4.69) is 33.9 Å². The van der Waals surface area contributed by atoms with Gasteiger partial charge in [0.2, 0.25) is 10.0 Å². The number of sulfonamides is 1. The summed E-state index contributed by atoms with van der Waals surface area (Å²) in [6.45, 7) is 3.40. The molecule has 2 aromatic carbocycles. The second-order valence-corrected chi connectivity index (χ2v) is 8.65. The molecule has 0 unspecified atom stereocenters.